The number of hydrogen-bond donors (Lipinski definition) is 18. The van der Waals surface area contributed by atoms with Gasteiger partial charge in [-0.1, -0.05) is 44.2 Å². The smallest absolute Gasteiger partial charge is 0.408 e. The van der Waals surface area contributed by atoms with E-state index in [0.717, 1.165) is 0 Å². The van der Waals surface area contributed by atoms with Crippen molar-refractivity contribution in [3.8, 4) is 0 Å². The zero-order valence-electron chi connectivity index (χ0n) is 48.8. The number of amides is 11. The molecule has 486 valence electrons. The number of nitrogens with one attached hydrogen (secondary N) is 9. The fraction of sp³-hybridized carbons (Fsp3) is 0.604. The lowest BCUT2D eigenvalue weighted by Gasteiger charge is -2.28. The molecule has 0 aliphatic rings. The van der Waals surface area contributed by atoms with E-state index in [-0.39, 0.29) is 89.5 Å². The summed E-state index contributed by atoms with van der Waals surface area (Å²) in [5, 5.41) is 49.7. The molecule has 24 N–H and O–H groups in total. The first-order chi connectivity index (χ1) is 41.1. The van der Waals surface area contributed by atoms with Crippen molar-refractivity contribution in [3.05, 3.63) is 35.9 Å². The van der Waals surface area contributed by atoms with E-state index in [1.807, 2.05) is 0 Å². The summed E-state index contributed by atoms with van der Waals surface area (Å²) in [6, 6.07) is -4.49. The minimum Gasteiger partial charge on any atom is -0.481 e. The number of carboxylic acids is 3. The number of benzene rings is 1. The van der Waals surface area contributed by atoms with E-state index in [4.69, 9.17) is 44.2 Å². The van der Waals surface area contributed by atoms with Crippen LogP contribution in [0.5, 0.6) is 0 Å². The molecule has 11 amide bonds. The van der Waals surface area contributed by atoms with E-state index in [1.165, 1.54) is 0 Å². The second kappa shape index (κ2) is 41.7. The molecular formula is C53H86N16O18. The van der Waals surface area contributed by atoms with Crippen molar-refractivity contribution in [3.63, 3.8) is 0 Å². The lowest BCUT2D eigenvalue weighted by atomic mass is 10.0. The Morgan fingerprint density at radius 2 is 0.851 bits per heavy atom. The summed E-state index contributed by atoms with van der Waals surface area (Å²) in [5.41, 5.74) is 33.6. The van der Waals surface area contributed by atoms with Gasteiger partial charge in [-0.2, -0.15) is 0 Å². The Balaban J connectivity index is 3.66. The molecule has 8 unspecified atom stereocenters. The average molecular weight is 1240 g/mol. The van der Waals surface area contributed by atoms with Gasteiger partial charge in [0.2, 0.25) is 59.1 Å². The fourth-order valence-electron chi connectivity index (χ4n) is 8.14. The van der Waals surface area contributed by atoms with Crippen molar-refractivity contribution >= 4 is 89.0 Å². The number of carbonyl (C=O) groups excluding carboxylic acids is 11. The molecule has 0 aromatic heterocycles. The number of nitrogens with two attached hydrogens (primary N) is 6. The van der Waals surface area contributed by atoms with E-state index < -0.39 is 183 Å². The lowest BCUT2D eigenvalue weighted by Crippen LogP contribution is -2.60. The van der Waals surface area contributed by atoms with Crippen molar-refractivity contribution < 1.29 is 87.2 Å². The second-order valence-corrected chi connectivity index (χ2v) is 20.5. The van der Waals surface area contributed by atoms with Gasteiger partial charge in [-0.25, -0.2) is 4.79 Å². The first kappa shape index (κ1) is 75.8. The second-order valence-electron chi connectivity index (χ2n) is 20.5. The topological polar surface area (TPSA) is 586 Å². The molecule has 0 heterocycles. The van der Waals surface area contributed by atoms with Crippen LogP contribution in [-0.4, -0.2) is 179 Å². The summed E-state index contributed by atoms with van der Waals surface area (Å²) in [6.07, 6.45) is -5.19. The zero-order chi connectivity index (χ0) is 65.6. The van der Waals surface area contributed by atoms with E-state index >= 15 is 0 Å². The van der Waals surface area contributed by atoms with Gasteiger partial charge >= 0.3 is 24.0 Å². The molecule has 1 rings (SSSR count). The summed E-state index contributed by atoms with van der Waals surface area (Å²) >= 11 is 0. The van der Waals surface area contributed by atoms with Gasteiger partial charge < -0.3 is 102 Å². The lowest BCUT2D eigenvalue weighted by molar-refractivity contribution is -0.139. The first-order valence-corrected chi connectivity index (χ1v) is 28.1. The van der Waals surface area contributed by atoms with Crippen LogP contribution in [0.1, 0.15) is 122 Å². The van der Waals surface area contributed by atoms with Crippen LogP contribution in [0.25, 0.3) is 0 Å². The highest BCUT2D eigenvalue weighted by atomic mass is 16.5. The third-order valence-corrected chi connectivity index (χ3v) is 12.6. The van der Waals surface area contributed by atoms with E-state index in [2.05, 4.69) is 52.8 Å². The number of carboxylic acid groups (broad SMARTS) is 3. The van der Waals surface area contributed by atoms with Crippen LogP contribution in [0, 0.1) is 5.92 Å². The molecule has 8 atom stereocenters. The summed E-state index contributed by atoms with van der Waals surface area (Å²) in [5.74, 6) is -15.6. The molecule has 87 heavy (non-hydrogen) atoms. The molecule has 0 aliphatic carbocycles. The first-order valence-electron chi connectivity index (χ1n) is 28.1. The predicted molar refractivity (Wildman–Crippen MR) is 309 cm³/mol. The highest BCUT2D eigenvalue weighted by Gasteiger charge is 2.36. The highest BCUT2D eigenvalue weighted by Crippen LogP contribution is 2.13. The SMILES string of the molecule is CC(C)CC(NC(=O)OCc1ccccc1)C(=O)NC(CCC(N)=O)C(=O)NC(CCC(=O)O)C(=O)NC(CCCCN)C(=O)NC(CCC(=O)O)C(=O)NC(CCCN=C(N)N)C(=O)NC(CC(N)=O)C(=O)NC(CCCCN)C(=O)NCC(=O)O. The van der Waals surface area contributed by atoms with Crippen molar-refractivity contribution in [2.24, 2.45) is 45.3 Å². The van der Waals surface area contributed by atoms with Gasteiger partial charge in [0, 0.05) is 25.8 Å². The Kier molecular flexibility index (Phi) is 36.4. The van der Waals surface area contributed by atoms with Gasteiger partial charge in [0.05, 0.1) is 6.42 Å². The third-order valence-electron chi connectivity index (χ3n) is 12.6. The highest BCUT2D eigenvalue weighted by molar-refractivity contribution is 5.99. The minimum atomic E-state index is -1.83. The summed E-state index contributed by atoms with van der Waals surface area (Å²) in [4.78, 5) is 187. The molecule has 0 bridgehead atoms. The molecule has 0 saturated heterocycles. The Bertz CT molecular complexity index is 2520. The Morgan fingerprint density at radius 3 is 1.24 bits per heavy atom. The van der Waals surface area contributed by atoms with Crippen molar-refractivity contribution in [2.45, 2.75) is 172 Å². The molecule has 0 aliphatic heterocycles. The van der Waals surface area contributed by atoms with Crippen LogP contribution in [0.4, 0.5) is 4.79 Å². The van der Waals surface area contributed by atoms with Crippen LogP contribution in [0.15, 0.2) is 35.3 Å². The maximum atomic E-state index is 14.3. The van der Waals surface area contributed by atoms with Crippen molar-refractivity contribution in [2.75, 3.05) is 26.2 Å². The van der Waals surface area contributed by atoms with Crippen molar-refractivity contribution in [1.82, 2.24) is 47.9 Å². The van der Waals surface area contributed by atoms with Crippen molar-refractivity contribution in [1.29, 1.82) is 0 Å². The Morgan fingerprint density at radius 1 is 0.460 bits per heavy atom. The van der Waals surface area contributed by atoms with Crippen LogP contribution in [0.2, 0.25) is 0 Å². The van der Waals surface area contributed by atoms with Crippen LogP contribution >= 0.6 is 0 Å². The number of carbonyl (C=O) groups is 14. The van der Waals surface area contributed by atoms with Gasteiger partial charge in [-0.05, 0) is 102 Å². The van der Waals surface area contributed by atoms with E-state index in [0.29, 0.717) is 12.0 Å². The minimum absolute atomic E-state index is 0.0310. The van der Waals surface area contributed by atoms with Crippen LogP contribution in [0.3, 0.4) is 0 Å². The van der Waals surface area contributed by atoms with E-state index in [1.54, 1.807) is 44.2 Å². The van der Waals surface area contributed by atoms with Gasteiger partial charge in [0.25, 0.3) is 0 Å². The normalized spacial score (nSPS) is 13.6. The maximum Gasteiger partial charge on any atom is 0.408 e. The number of nitrogens with zero attached hydrogens (tertiary/aromatic N) is 1. The predicted octanol–water partition coefficient (Wildman–Crippen LogP) is -4.90. The number of unbranched alkanes of at least 4 members (excludes halogenated alkanes) is 2. The molecule has 34 heteroatoms. The molecular weight excluding hydrogens is 1150 g/mol. The number of primary amides is 2. The molecule has 34 nitrogen and oxygen atoms in total. The number of alkyl carbamates (subject to hydrolysis) is 1. The van der Waals surface area contributed by atoms with Gasteiger partial charge in [-0.15, -0.1) is 0 Å². The number of aliphatic imine (C=N–C) groups is 1. The average Bonchev–Trinajstić information content (AvgIpc) is 2.83. The molecule has 1 aromatic rings. The quantitative estimate of drug-likeness (QED) is 0.0165. The number of guanidine groups is 1. The number of rotatable bonds is 45. The molecule has 0 saturated carbocycles. The Labute approximate surface area is 501 Å². The van der Waals surface area contributed by atoms with Crippen LogP contribution in [-0.2, 0) is 73.7 Å². The molecule has 0 fully saturated rings. The number of ether oxygens (including phenoxy) is 1. The zero-order valence-corrected chi connectivity index (χ0v) is 48.8. The molecule has 0 radical (unpaired) electrons. The summed E-state index contributed by atoms with van der Waals surface area (Å²) in [6.45, 7) is 2.68. The third kappa shape index (κ3) is 33.8. The van der Waals surface area contributed by atoms with Gasteiger partial charge in [0.15, 0.2) is 5.96 Å². The van der Waals surface area contributed by atoms with Gasteiger partial charge in [-0.3, -0.25) is 67.3 Å². The number of aliphatic carboxylic acids is 3. The standard InChI is InChI=1S/C53H86N16O18/c1-29(2)25-37(69-53(86)87-28-30-11-4-3-5-12-30)50(84)67-34(16-19-39(56)70)47(81)66-36(18-21-42(74)75)48(82)63-32(14-7-9-23-55)45(79)65-35(17-20-41(72)73)49(83)64-33(15-10-24-60-52(58)59)46(80)68-38(26-40(57)71)51(85)62-31(13-6-8-22-54)44(78)61-27-43(76)77/h3-5,11-12,29,31-38H,6-10,13-28,54-55H2,1-2H3,(H2,56,70)(H2,57,71)(H,61,78)(H,62,85)(H,63,82)(H,64,83)(H,65,79)(H,66,81)(H,67,84)(H,68,80)(H,69,86)(H,72,73)(H,74,75)(H,76,77)(H4,58,59,60). The summed E-state index contributed by atoms with van der Waals surface area (Å²) in [7, 11) is 0. The molecule has 1 aromatic carbocycles. The molecule has 0 spiro atoms. The Hall–Kier alpha value is -9.21. The van der Waals surface area contributed by atoms with Gasteiger partial charge in [0.1, 0.15) is 61.5 Å². The summed E-state index contributed by atoms with van der Waals surface area (Å²) < 4.78 is 5.28. The maximum absolute atomic E-state index is 14.3. The largest absolute Gasteiger partial charge is 0.481 e. The fourth-order valence-corrected chi connectivity index (χ4v) is 8.14. The van der Waals surface area contributed by atoms with Crippen LogP contribution < -0.4 is 82.3 Å². The monoisotopic (exact) mass is 1230 g/mol. The van der Waals surface area contributed by atoms with E-state index in [9.17, 15) is 77.3 Å². The number of hydrogen-bond acceptors (Lipinski definition) is 18.